The smallest absolute Gasteiger partial charge is 0.326 e. The van der Waals surface area contributed by atoms with E-state index in [9.17, 15) is 9.59 Å². The third kappa shape index (κ3) is 8.83. The van der Waals surface area contributed by atoms with Crippen LogP contribution in [-0.2, 0) is 19.1 Å². The Morgan fingerprint density at radius 1 is 0.840 bits per heavy atom. The normalized spacial score (nSPS) is 11.8. The molecule has 0 fully saturated rings. The Kier molecular flexibility index (Phi) is 6.96. The fourth-order valence-electron chi connectivity index (χ4n) is 1.71. The van der Waals surface area contributed by atoms with Crippen LogP contribution < -0.4 is 4.90 Å². The van der Waals surface area contributed by atoms with Gasteiger partial charge >= 0.3 is 11.9 Å². The molecule has 0 unspecified atom stereocenters. The van der Waals surface area contributed by atoms with E-state index in [4.69, 9.17) is 32.7 Å². The predicted octanol–water partition coefficient (Wildman–Crippen LogP) is 2.67. The number of hydrogen-bond acceptors (Lipinski definition) is 8. The van der Waals surface area contributed by atoms with E-state index < -0.39 is 23.1 Å². The molecule has 0 aliphatic heterocycles. The molecule has 1 aromatic rings. The van der Waals surface area contributed by atoms with Gasteiger partial charge in [-0.25, -0.2) is 0 Å². The maximum absolute atomic E-state index is 12.1. The third-order valence-corrected chi connectivity index (χ3v) is 2.67. The lowest BCUT2D eigenvalue weighted by Gasteiger charge is -2.26. The first-order valence-electron chi connectivity index (χ1n) is 7.51. The number of ether oxygens (including phenoxy) is 2. The quantitative estimate of drug-likeness (QED) is 0.705. The summed E-state index contributed by atoms with van der Waals surface area (Å²) in [6.45, 7) is 9.85. The zero-order chi connectivity index (χ0) is 19.4. The van der Waals surface area contributed by atoms with Crippen molar-refractivity contribution in [3.05, 3.63) is 10.6 Å². The summed E-state index contributed by atoms with van der Waals surface area (Å²) in [6.07, 6.45) is 0. The molecule has 0 atom stereocenters. The van der Waals surface area contributed by atoms with Gasteiger partial charge in [0.05, 0.1) is 0 Å². The van der Waals surface area contributed by atoms with Crippen molar-refractivity contribution in [1.29, 1.82) is 0 Å². The van der Waals surface area contributed by atoms with E-state index in [1.807, 2.05) is 0 Å². The summed E-state index contributed by atoms with van der Waals surface area (Å²) < 4.78 is 10.5. The van der Waals surface area contributed by atoms with Crippen LogP contribution in [0.4, 0.5) is 5.95 Å². The molecule has 0 saturated carbocycles. The van der Waals surface area contributed by atoms with Crippen LogP contribution in [0.1, 0.15) is 41.5 Å². The molecule has 0 aliphatic carbocycles. The van der Waals surface area contributed by atoms with E-state index in [2.05, 4.69) is 15.0 Å². The van der Waals surface area contributed by atoms with E-state index in [1.165, 1.54) is 4.90 Å². The molecular weight excluding hydrogens is 371 g/mol. The van der Waals surface area contributed by atoms with Gasteiger partial charge in [0.2, 0.25) is 16.5 Å². The molecule has 1 rings (SSSR count). The van der Waals surface area contributed by atoms with Gasteiger partial charge in [0.1, 0.15) is 24.3 Å². The number of halogens is 2. The molecule has 0 aliphatic rings. The minimum atomic E-state index is -0.678. The van der Waals surface area contributed by atoms with Crippen molar-refractivity contribution in [3.8, 4) is 0 Å². The average Bonchev–Trinajstić information content (AvgIpc) is 2.31. The average molecular weight is 393 g/mol. The second-order valence-corrected chi connectivity index (χ2v) is 7.88. The number of hydrogen-bond donors (Lipinski definition) is 0. The summed E-state index contributed by atoms with van der Waals surface area (Å²) in [6, 6.07) is 0. The summed E-state index contributed by atoms with van der Waals surface area (Å²) in [5, 5.41) is -0.318. The van der Waals surface area contributed by atoms with Gasteiger partial charge in [-0.1, -0.05) is 0 Å². The Bertz CT molecular complexity index is 591. The molecular formula is C15H22Cl2N4O4. The molecule has 25 heavy (non-hydrogen) atoms. The summed E-state index contributed by atoms with van der Waals surface area (Å²) in [7, 11) is 0. The maximum atomic E-state index is 12.1. The zero-order valence-electron chi connectivity index (χ0n) is 15.1. The molecule has 1 aromatic heterocycles. The summed E-state index contributed by atoms with van der Waals surface area (Å²) in [5.41, 5.74) is -1.36. The van der Waals surface area contributed by atoms with E-state index in [1.54, 1.807) is 41.5 Å². The number of esters is 2. The highest BCUT2D eigenvalue weighted by molar-refractivity contribution is 6.31. The molecule has 8 nitrogen and oxygen atoms in total. The molecule has 0 N–H and O–H groups in total. The van der Waals surface area contributed by atoms with Crippen molar-refractivity contribution in [1.82, 2.24) is 15.0 Å². The van der Waals surface area contributed by atoms with Gasteiger partial charge < -0.3 is 14.4 Å². The lowest BCUT2D eigenvalue weighted by Crippen LogP contribution is -2.41. The van der Waals surface area contributed by atoms with Crippen LogP contribution in [0.15, 0.2) is 0 Å². The van der Waals surface area contributed by atoms with Crippen molar-refractivity contribution in [2.75, 3.05) is 18.0 Å². The SMILES string of the molecule is CC(C)(C)OC(=O)CN(CC(=O)OC(C)(C)C)c1nc(Cl)nc(Cl)n1. The molecule has 0 amide bonds. The highest BCUT2D eigenvalue weighted by Gasteiger charge is 2.25. The van der Waals surface area contributed by atoms with Gasteiger partial charge in [0, 0.05) is 0 Å². The van der Waals surface area contributed by atoms with Gasteiger partial charge in [-0.2, -0.15) is 15.0 Å². The van der Waals surface area contributed by atoms with Crippen LogP contribution in [0.2, 0.25) is 10.6 Å². The van der Waals surface area contributed by atoms with Crippen molar-refractivity contribution >= 4 is 41.1 Å². The molecule has 0 aromatic carbocycles. The fourth-order valence-corrected chi connectivity index (χ4v) is 2.07. The first kappa shape index (κ1) is 21.4. The highest BCUT2D eigenvalue weighted by Crippen LogP contribution is 2.16. The van der Waals surface area contributed by atoms with Crippen LogP contribution in [0, 0.1) is 0 Å². The zero-order valence-corrected chi connectivity index (χ0v) is 16.6. The first-order valence-corrected chi connectivity index (χ1v) is 8.26. The molecule has 1 heterocycles. The van der Waals surface area contributed by atoms with E-state index in [-0.39, 0.29) is 29.6 Å². The fraction of sp³-hybridized carbons (Fsp3) is 0.667. The Labute approximate surface area is 156 Å². The van der Waals surface area contributed by atoms with Gasteiger partial charge in [0.25, 0.3) is 0 Å². The van der Waals surface area contributed by atoms with Crippen LogP contribution in [-0.4, -0.2) is 51.2 Å². The number of carbonyl (C=O) groups excluding carboxylic acids is 2. The topological polar surface area (TPSA) is 94.5 Å². The van der Waals surface area contributed by atoms with Gasteiger partial charge in [0.15, 0.2) is 0 Å². The second-order valence-electron chi connectivity index (χ2n) is 7.20. The Balaban J connectivity index is 3.01. The van der Waals surface area contributed by atoms with Crippen molar-refractivity contribution in [2.45, 2.75) is 52.7 Å². The number of nitrogens with zero attached hydrogens (tertiary/aromatic N) is 4. The molecule has 0 radical (unpaired) electrons. The Hall–Kier alpha value is -1.67. The molecule has 140 valence electrons. The summed E-state index contributed by atoms with van der Waals surface area (Å²) in [4.78, 5) is 37.0. The minimum Gasteiger partial charge on any atom is -0.459 e. The third-order valence-electron chi connectivity index (χ3n) is 2.33. The molecule has 0 bridgehead atoms. The van der Waals surface area contributed by atoms with Crippen LogP contribution in [0.3, 0.4) is 0 Å². The van der Waals surface area contributed by atoms with Crippen molar-refractivity contribution in [3.63, 3.8) is 0 Å². The van der Waals surface area contributed by atoms with E-state index in [0.29, 0.717) is 0 Å². The number of carbonyl (C=O) groups is 2. The lowest BCUT2D eigenvalue weighted by atomic mass is 10.2. The van der Waals surface area contributed by atoms with Crippen LogP contribution in [0.5, 0.6) is 0 Å². The van der Waals surface area contributed by atoms with Crippen molar-refractivity contribution in [2.24, 2.45) is 0 Å². The first-order chi connectivity index (χ1) is 11.2. The standard InChI is InChI=1S/C15H22Cl2N4O4/c1-14(2,3)24-9(22)7-21(8-10(23)25-15(4,5)6)13-19-11(16)18-12(17)20-13/h7-8H2,1-6H3. The number of aromatic nitrogens is 3. The monoisotopic (exact) mass is 392 g/mol. The maximum Gasteiger partial charge on any atom is 0.326 e. The number of anilines is 1. The molecule has 10 heteroatoms. The summed E-state index contributed by atoms with van der Waals surface area (Å²) in [5.74, 6) is -1.16. The van der Waals surface area contributed by atoms with Crippen LogP contribution in [0.25, 0.3) is 0 Å². The van der Waals surface area contributed by atoms with E-state index >= 15 is 0 Å². The van der Waals surface area contributed by atoms with Gasteiger partial charge in [-0.05, 0) is 64.7 Å². The number of rotatable bonds is 5. The van der Waals surface area contributed by atoms with Gasteiger partial charge in [-0.3, -0.25) is 9.59 Å². The van der Waals surface area contributed by atoms with Crippen LogP contribution >= 0.6 is 23.2 Å². The van der Waals surface area contributed by atoms with E-state index in [0.717, 1.165) is 0 Å². The minimum absolute atomic E-state index is 0.0262. The summed E-state index contributed by atoms with van der Waals surface area (Å²) >= 11 is 11.5. The molecule has 0 saturated heterocycles. The van der Waals surface area contributed by atoms with Gasteiger partial charge in [-0.15, -0.1) is 0 Å². The predicted molar refractivity (Wildman–Crippen MR) is 93.8 cm³/mol. The highest BCUT2D eigenvalue weighted by atomic mass is 35.5. The lowest BCUT2D eigenvalue weighted by molar-refractivity contribution is -0.154. The molecule has 0 spiro atoms. The Morgan fingerprint density at radius 3 is 1.52 bits per heavy atom. The largest absolute Gasteiger partial charge is 0.459 e. The Morgan fingerprint density at radius 2 is 1.20 bits per heavy atom. The second kappa shape index (κ2) is 8.14. The van der Waals surface area contributed by atoms with Crippen molar-refractivity contribution < 1.29 is 19.1 Å².